The van der Waals surface area contributed by atoms with Crippen LogP contribution in [-0.4, -0.2) is 19.0 Å². The van der Waals surface area contributed by atoms with E-state index in [0.717, 1.165) is 25.7 Å². The first-order valence-corrected chi connectivity index (χ1v) is 6.96. The Hall–Kier alpha value is -1.15. The number of ether oxygens (including phenoxy) is 1. The van der Waals surface area contributed by atoms with Crippen molar-refractivity contribution >= 4 is 5.78 Å². The molecule has 0 unspecified atom stereocenters. The Morgan fingerprint density at radius 3 is 2.50 bits per heavy atom. The van der Waals surface area contributed by atoms with Crippen molar-refractivity contribution in [2.24, 2.45) is 0 Å². The minimum Gasteiger partial charge on any atom is -0.381 e. The van der Waals surface area contributed by atoms with Gasteiger partial charge in [-0.25, -0.2) is 0 Å². The van der Waals surface area contributed by atoms with Gasteiger partial charge >= 0.3 is 0 Å². The fraction of sp³-hybridized carbons (Fsp3) is 0.562. The van der Waals surface area contributed by atoms with E-state index >= 15 is 0 Å². The summed E-state index contributed by atoms with van der Waals surface area (Å²) in [6, 6.07) is 10.2. The summed E-state index contributed by atoms with van der Waals surface area (Å²) in [6.07, 6.45) is 4.44. The van der Waals surface area contributed by atoms with E-state index in [0.29, 0.717) is 25.4 Å². The van der Waals surface area contributed by atoms with Crippen molar-refractivity contribution in [1.29, 1.82) is 0 Å². The minimum absolute atomic E-state index is 0.283. The molecule has 18 heavy (non-hydrogen) atoms. The third-order valence-electron chi connectivity index (χ3n) is 3.96. The molecule has 2 heteroatoms. The summed E-state index contributed by atoms with van der Waals surface area (Å²) in [5.41, 5.74) is 0.892. The number of benzene rings is 1. The van der Waals surface area contributed by atoms with Crippen LogP contribution in [0.1, 0.15) is 44.6 Å². The molecule has 0 aromatic heterocycles. The summed E-state index contributed by atoms with van der Waals surface area (Å²) in [5, 5.41) is 0. The van der Waals surface area contributed by atoms with E-state index in [9.17, 15) is 4.79 Å². The van der Waals surface area contributed by atoms with E-state index in [4.69, 9.17) is 4.74 Å². The summed E-state index contributed by atoms with van der Waals surface area (Å²) < 4.78 is 5.45. The molecule has 0 saturated carbocycles. The number of carbonyl (C=O) groups excluding carboxylic acids is 1. The molecule has 0 N–H and O–H groups in total. The summed E-state index contributed by atoms with van der Waals surface area (Å²) in [6.45, 7) is 3.53. The van der Waals surface area contributed by atoms with Gasteiger partial charge < -0.3 is 4.74 Å². The first-order valence-electron chi connectivity index (χ1n) is 6.96. The van der Waals surface area contributed by atoms with Crippen LogP contribution in [0.15, 0.2) is 30.3 Å². The molecule has 0 spiro atoms. The fourth-order valence-electron chi connectivity index (χ4n) is 2.78. The van der Waals surface area contributed by atoms with Crippen molar-refractivity contribution in [3.8, 4) is 0 Å². The lowest BCUT2D eigenvalue weighted by Gasteiger charge is -2.36. The number of ketones is 1. The van der Waals surface area contributed by atoms with Gasteiger partial charge in [0, 0.05) is 19.6 Å². The van der Waals surface area contributed by atoms with Gasteiger partial charge in [-0.15, -0.1) is 0 Å². The van der Waals surface area contributed by atoms with Gasteiger partial charge in [0.25, 0.3) is 0 Å². The number of hydrogen-bond donors (Lipinski definition) is 0. The summed E-state index contributed by atoms with van der Waals surface area (Å²) in [4.78, 5) is 12.6. The Morgan fingerprint density at radius 2 is 1.89 bits per heavy atom. The van der Waals surface area contributed by atoms with E-state index in [1.54, 1.807) is 0 Å². The normalized spacial score (nSPS) is 18.5. The van der Waals surface area contributed by atoms with Crippen LogP contribution in [0.3, 0.4) is 0 Å². The van der Waals surface area contributed by atoms with Gasteiger partial charge in [-0.1, -0.05) is 43.7 Å². The average molecular weight is 246 g/mol. The van der Waals surface area contributed by atoms with Gasteiger partial charge in [-0.05, 0) is 24.8 Å². The van der Waals surface area contributed by atoms with Crippen LogP contribution < -0.4 is 0 Å². The highest BCUT2D eigenvalue weighted by Crippen LogP contribution is 2.37. The van der Waals surface area contributed by atoms with Crippen LogP contribution in [0.5, 0.6) is 0 Å². The molecule has 2 rings (SSSR count). The second kappa shape index (κ2) is 6.14. The topological polar surface area (TPSA) is 26.3 Å². The molecule has 0 atom stereocenters. The summed E-state index contributed by atoms with van der Waals surface area (Å²) in [5.74, 6) is 0.402. The van der Waals surface area contributed by atoms with Crippen molar-refractivity contribution < 1.29 is 9.53 Å². The lowest BCUT2D eigenvalue weighted by Crippen LogP contribution is -2.41. The molecular formula is C16H22O2. The lowest BCUT2D eigenvalue weighted by atomic mass is 9.70. The van der Waals surface area contributed by atoms with E-state index in [1.807, 2.05) is 18.2 Å². The number of unbranched alkanes of at least 4 members (excludes halogenated alkanes) is 1. The van der Waals surface area contributed by atoms with Gasteiger partial charge in [0.2, 0.25) is 0 Å². The maximum atomic E-state index is 12.6. The molecule has 98 valence electrons. The van der Waals surface area contributed by atoms with Crippen LogP contribution in [0, 0.1) is 0 Å². The van der Waals surface area contributed by atoms with Crippen molar-refractivity contribution in [1.82, 2.24) is 0 Å². The second-order valence-electron chi connectivity index (χ2n) is 5.09. The van der Waals surface area contributed by atoms with E-state index in [-0.39, 0.29) is 5.41 Å². The van der Waals surface area contributed by atoms with Crippen LogP contribution >= 0.6 is 0 Å². The highest BCUT2D eigenvalue weighted by molar-refractivity contribution is 5.90. The minimum atomic E-state index is -0.283. The third kappa shape index (κ3) is 2.64. The highest BCUT2D eigenvalue weighted by Gasteiger charge is 2.40. The molecule has 1 aliphatic rings. The molecule has 0 radical (unpaired) electrons. The zero-order valence-corrected chi connectivity index (χ0v) is 11.2. The highest BCUT2D eigenvalue weighted by atomic mass is 16.5. The second-order valence-corrected chi connectivity index (χ2v) is 5.09. The van der Waals surface area contributed by atoms with E-state index < -0.39 is 0 Å². The standard InChI is InChI=1S/C16H22O2/c1-2-3-9-15(17)16(10-12-18-13-11-16)14-7-5-4-6-8-14/h4-8H,2-3,9-13H2,1H3. The van der Waals surface area contributed by atoms with E-state index in [1.165, 1.54) is 5.56 Å². The Balaban J connectivity index is 2.25. The predicted octanol–water partition coefficient (Wildman–Crippen LogP) is 3.49. The summed E-state index contributed by atoms with van der Waals surface area (Å²) in [7, 11) is 0. The largest absolute Gasteiger partial charge is 0.381 e. The van der Waals surface area contributed by atoms with E-state index in [2.05, 4.69) is 19.1 Å². The third-order valence-corrected chi connectivity index (χ3v) is 3.96. The zero-order chi connectivity index (χ0) is 12.8. The smallest absolute Gasteiger partial charge is 0.143 e. The van der Waals surface area contributed by atoms with Gasteiger partial charge in [-0.2, -0.15) is 0 Å². The molecule has 1 aliphatic heterocycles. The first-order chi connectivity index (χ1) is 8.79. The van der Waals surface area contributed by atoms with Crippen molar-refractivity contribution in [3.63, 3.8) is 0 Å². The molecular weight excluding hydrogens is 224 g/mol. The maximum absolute atomic E-state index is 12.6. The number of Topliss-reactive ketones (excluding diaryl/α,β-unsaturated/α-hetero) is 1. The Labute approximate surface area is 109 Å². The molecule has 0 amide bonds. The van der Waals surface area contributed by atoms with Crippen LogP contribution in [-0.2, 0) is 14.9 Å². The first kappa shape index (κ1) is 13.3. The number of carbonyl (C=O) groups is 1. The van der Waals surface area contributed by atoms with Crippen molar-refractivity contribution in [3.05, 3.63) is 35.9 Å². The number of rotatable bonds is 5. The fourth-order valence-corrected chi connectivity index (χ4v) is 2.78. The Morgan fingerprint density at radius 1 is 1.22 bits per heavy atom. The number of hydrogen-bond acceptors (Lipinski definition) is 2. The Bertz CT molecular complexity index is 377. The quantitative estimate of drug-likeness (QED) is 0.795. The molecule has 1 fully saturated rings. The molecule has 0 bridgehead atoms. The van der Waals surface area contributed by atoms with Crippen LogP contribution in [0.25, 0.3) is 0 Å². The van der Waals surface area contributed by atoms with Crippen molar-refractivity contribution in [2.45, 2.75) is 44.4 Å². The SMILES string of the molecule is CCCCC(=O)C1(c2ccccc2)CCOCC1. The molecule has 0 aliphatic carbocycles. The van der Waals surface area contributed by atoms with Gasteiger partial charge in [0.15, 0.2) is 0 Å². The maximum Gasteiger partial charge on any atom is 0.143 e. The Kier molecular flexibility index (Phi) is 4.54. The van der Waals surface area contributed by atoms with Gasteiger partial charge in [-0.3, -0.25) is 4.79 Å². The monoisotopic (exact) mass is 246 g/mol. The molecule has 1 aromatic rings. The lowest BCUT2D eigenvalue weighted by molar-refractivity contribution is -0.128. The molecule has 1 saturated heterocycles. The average Bonchev–Trinajstić information content (AvgIpc) is 2.46. The van der Waals surface area contributed by atoms with Gasteiger partial charge in [0.05, 0.1) is 5.41 Å². The summed E-state index contributed by atoms with van der Waals surface area (Å²) >= 11 is 0. The predicted molar refractivity (Wildman–Crippen MR) is 72.7 cm³/mol. The molecule has 2 nitrogen and oxygen atoms in total. The van der Waals surface area contributed by atoms with Crippen LogP contribution in [0.4, 0.5) is 0 Å². The van der Waals surface area contributed by atoms with Crippen LogP contribution in [0.2, 0.25) is 0 Å². The van der Waals surface area contributed by atoms with Crippen molar-refractivity contribution in [2.75, 3.05) is 13.2 Å². The van der Waals surface area contributed by atoms with Gasteiger partial charge in [0.1, 0.15) is 5.78 Å². The molecule has 1 heterocycles. The molecule has 1 aromatic carbocycles. The zero-order valence-electron chi connectivity index (χ0n) is 11.2.